The highest BCUT2D eigenvalue weighted by atomic mass is 19.4. The molecule has 120 valence electrons. The Morgan fingerprint density at radius 3 is 2.41 bits per heavy atom. The summed E-state index contributed by atoms with van der Waals surface area (Å²) in [6.07, 6.45) is -1.64. The summed E-state index contributed by atoms with van der Waals surface area (Å²) in [5.74, 6) is -2.32. The van der Waals surface area contributed by atoms with Crippen molar-refractivity contribution in [1.29, 1.82) is 0 Å². The molecule has 0 aliphatic heterocycles. The third kappa shape index (κ3) is 6.43. The van der Waals surface area contributed by atoms with Crippen molar-refractivity contribution in [2.24, 2.45) is 0 Å². The molecular formula is C15H17F3N2O2. The Bertz CT molecular complexity index is 554. The number of halogens is 3. The van der Waals surface area contributed by atoms with Crippen LogP contribution in [0.5, 0.6) is 0 Å². The lowest BCUT2D eigenvalue weighted by atomic mass is 10.1. The summed E-state index contributed by atoms with van der Waals surface area (Å²) in [6.45, 7) is 1.94. The Morgan fingerprint density at radius 1 is 1.14 bits per heavy atom. The Hall–Kier alpha value is -2.31. The second-order valence-electron chi connectivity index (χ2n) is 4.59. The van der Waals surface area contributed by atoms with Crippen LogP contribution >= 0.6 is 0 Å². The number of benzene rings is 1. The molecule has 0 saturated heterocycles. The Balaban J connectivity index is 2.24. The lowest BCUT2D eigenvalue weighted by molar-refractivity contribution is -0.173. The highest BCUT2D eigenvalue weighted by Crippen LogP contribution is 2.13. The molecule has 22 heavy (non-hydrogen) atoms. The maximum Gasteiger partial charge on any atom is 0.471 e. The van der Waals surface area contributed by atoms with Gasteiger partial charge in [-0.1, -0.05) is 24.3 Å². The van der Waals surface area contributed by atoms with Gasteiger partial charge in [-0.25, -0.2) is 0 Å². The van der Waals surface area contributed by atoms with Gasteiger partial charge in [0, 0.05) is 19.2 Å². The predicted molar refractivity (Wildman–Crippen MR) is 76.9 cm³/mol. The summed E-state index contributed by atoms with van der Waals surface area (Å²) >= 11 is 0. The number of amides is 2. The van der Waals surface area contributed by atoms with Crippen molar-refractivity contribution < 1.29 is 22.8 Å². The zero-order valence-corrected chi connectivity index (χ0v) is 12.0. The smallest absolute Gasteiger partial charge is 0.352 e. The maximum absolute atomic E-state index is 11.9. The van der Waals surface area contributed by atoms with E-state index in [2.05, 4.69) is 5.32 Å². The highest BCUT2D eigenvalue weighted by Gasteiger charge is 2.38. The number of carbonyl (C=O) groups is 2. The summed E-state index contributed by atoms with van der Waals surface area (Å²) in [5.41, 5.74) is 1.94. The summed E-state index contributed by atoms with van der Waals surface area (Å²) in [5, 5.41) is 4.25. The first-order valence-electron chi connectivity index (χ1n) is 6.67. The van der Waals surface area contributed by atoms with Crippen LogP contribution in [0.2, 0.25) is 0 Å². The number of nitrogens with one attached hydrogen (secondary N) is 2. The van der Waals surface area contributed by atoms with Crippen LogP contribution in [0.1, 0.15) is 17.5 Å². The molecule has 4 nitrogen and oxygen atoms in total. The fourth-order valence-electron chi connectivity index (χ4n) is 1.60. The van der Waals surface area contributed by atoms with E-state index in [1.807, 2.05) is 31.2 Å². The molecule has 0 aromatic heterocycles. The zero-order chi connectivity index (χ0) is 16.6. The second kappa shape index (κ2) is 8.21. The van der Waals surface area contributed by atoms with Crippen LogP contribution in [0, 0.1) is 6.92 Å². The van der Waals surface area contributed by atoms with Gasteiger partial charge in [0.25, 0.3) is 0 Å². The van der Waals surface area contributed by atoms with E-state index in [0.717, 1.165) is 11.1 Å². The van der Waals surface area contributed by atoms with Crippen LogP contribution in [0.3, 0.4) is 0 Å². The van der Waals surface area contributed by atoms with Crippen LogP contribution < -0.4 is 10.6 Å². The molecule has 1 aromatic rings. The molecule has 1 rings (SSSR count). The van der Waals surface area contributed by atoms with Gasteiger partial charge in [-0.3, -0.25) is 9.59 Å². The number of hydrogen-bond acceptors (Lipinski definition) is 2. The van der Waals surface area contributed by atoms with Gasteiger partial charge < -0.3 is 10.6 Å². The molecule has 0 bridgehead atoms. The van der Waals surface area contributed by atoms with E-state index in [0.29, 0.717) is 0 Å². The molecule has 0 atom stereocenters. The number of aryl methyl sites for hydroxylation is 1. The summed E-state index contributed by atoms with van der Waals surface area (Å²) in [7, 11) is 0. The molecule has 0 unspecified atom stereocenters. The van der Waals surface area contributed by atoms with Gasteiger partial charge in [0.05, 0.1) is 0 Å². The van der Waals surface area contributed by atoms with Gasteiger partial charge in [-0.2, -0.15) is 13.2 Å². The second-order valence-corrected chi connectivity index (χ2v) is 4.59. The topological polar surface area (TPSA) is 58.2 Å². The molecule has 0 aliphatic carbocycles. The summed E-state index contributed by atoms with van der Waals surface area (Å²) in [4.78, 5) is 22.0. The van der Waals surface area contributed by atoms with E-state index in [1.54, 1.807) is 11.4 Å². The third-order valence-electron chi connectivity index (χ3n) is 2.80. The van der Waals surface area contributed by atoms with E-state index in [1.165, 1.54) is 6.08 Å². The van der Waals surface area contributed by atoms with E-state index >= 15 is 0 Å². The van der Waals surface area contributed by atoms with E-state index in [-0.39, 0.29) is 25.4 Å². The lowest BCUT2D eigenvalue weighted by Crippen LogP contribution is -2.38. The van der Waals surface area contributed by atoms with E-state index < -0.39 is 12.1 Å². The molecule has 0 heterocycles. The molecule has 1 aromatic carbocycles. The monoisotopic (exact) mass is 314 g/mol. The van der Waals surface area contributed by atoms with Crippen molar-refractivity contribution >= 4 is 17.9 Å². The van der Waals surface area contributed by atoms with Gasteiger partial charge in [0.15, 0.2) is 0 Å². The van der Waals surface area contributed by atoms with Crippen LogP contribution in [-0.4, -0.2) is 31.1 Å². The van der Waals surface area contributed by atoms with Crippen LogP contribution in [-0.2, 0) is 9.59 Å². The standard InChI is InChI=1S/C15H17F3N2O2/c1-11-5-2-3-6-12(11)7-8-13(21)19-9-4-10-20-14(22)15(16,17)18/h2-3,5-8H,4,9-10H2,1H3,(H,19,21)(H,20,22)/b8-7+. The molecule has 0 aliphatic rings. The van der Waals surface area contributed by atoms with Crippen LogP contribution in [0.15, 0.2) is 30.3 Å². The first-order chi connectivity index (χ1) is 10.3. The Labute approximate surface area is 126 Å². The van der Waals surface area contributed by atoms with Crippen molar-refractivity contribution in [3.8, 4) is 0 Å². The summed E-state index contributed by atoms with van der Waals surface area (Å²) in [6, 6.07) is 7.53. The fraction of sp³-hybridized carbons (Fsp3) is 0.333. The van der Waals surface area contributed by atoms with E-state index in [4.69, 9.17) is 0 Å². The van der Waals surface area contributed by atoms with Gasteiger partial charge in [-0.15, -0.1) is 0 Å². The minimum Gasteiger partial charge on any atom is -0.352 e. The fourth-order valence-corrected chi connectivity index (χ4v) is 1.60. The quantitative estimate of drug-likeness (QED) is 0.625. The molecule has 7 heteroatoms. The van der Waals surface area contributed by atoms with E-state index in [9.17, 15) is 22.8 Å². The van der Waals surface area contributed by atoms with Crippen molar-refractivity contribution in [3.63, 3.8) is 0 Å². The molecule has 0 saturated carbocycles. The van der Waals surface area contributed by atoms with Gasteiger partial charge in [-0.05, 0) is 30.5 Å². The van der Waals surface area contributed by atoms with Gasteiger partial charge in [0.1, 0.15) is 0 Å². The number of carbonyl (C=O) groups excluding carboxylic acids is 2. The van der Waals surface area contributed by atoms with Crippen molar-refractivity contribution in [2.75, 3.05) is 13.1 Å². The molecule has 2 N–H and O–H groups in total. The summed E-state index contributed by atoms with van der Waals surface area (Å²) < 4.78 is 35.7. The van der Waals surface area contributed by atoms with Crippen molar-refractivity contribution in [1.82, 2.24) is 10.6 Å². The largest absolute Gasteiger partial charge is 0.471 e. The van der Waals surface area contributed by atoms with Crippen molar-refractivity contribution in [3.05, 3.63) is 41.5 Å². The third-order valence-corrected chi connectivity index (χ3v) is 2.80. The normalized spacial score (nSPS) is 11.5. The number of alkyl halides is 3. The molecule has 0 spiro atoms. The Kier molecular flexibility index (Phi) is 6.62. The SMILES string of the molecule is Cc1ccccc1/C=C/C(=O)NCCCNC(=O)C(F)(F)F. The van der Waals surface area contributed by atoms with Gasteiger partial charge in [0.2, 0.25) is 5.91 Å². The minimum atomic E-state index is -4.88. The number of hydrogen-bond donors (Lipinski definition) is 2. The van der Waals surface area contributed by atoms with Gasteiger partial charge >= 0.3 is 12.1 Å². The van der Waals surface area contributed by atoms with Crippen molar-refractivity contribution in [2.45, 2.75) is 19.5 Å². The highest BCUT2D eigenvalue weighted by molar-refractivity contribution is 5.91. The average molecular weight is 314 g/mol. The number of rotatable bonds is 6. The molecule has 2 amide bonds. The minimum absolute atomic E-state index is 0.153. The average Bonchev–Trinajstić information content (AvgIpc) is 2.44. The first kappa shape index (κ1) is 17.7. The lowest BCUT2D eigenvalue weighted by Gasteiger charge is -2.07. The molecule has 0 fully saturated rings. The first-order valence-corrected chi connectivity index (χ1v) is 6.67. The molecular weight excluding hydrogens is 297 g/mol. The predicted octanol–water partition coefficient (Wildman–Crippen LogP) is 2.19. The zero-order valence-electron chi connectivity index (χ0n) is 12.0. The van der Waals surface area contributed by atoms with Crippen LogP contribution in [0.4, 0.5) is 13.2 Å². The maximum atomic E-state index is 11.9. The molecule has 0 radical (unpaired) electrons. The van der Waals surface area contributed by atoms with Crippen LogP contribution in [0.25, 0.3) is 6.08 Å². The Morgan fingerprint density at radius 2 is 1.77 bits per heavy atom.